The van der Waals surface area contributed by atoms with Gasteiger partial charge in [0.15, 0.2) is 6.61 Å². The van der Waals surface area contributed by atoms with Gasteiger partial charge in [0.25, 0.3) is 5.91 Å². The Morgan fingerprint density at radius 3 is 2.24 bits per heavy atom. The Labute approximate surface area is 185 Å². The lowest BCUT2D eigenvalue weighted by Crippen LogP contribution is -2.50. The van der Waals surface area contributed by atoms with Gasteiger partial charge in [0, 0.05) is 33.2 Å². The zero-order chi connectivity index (χ0) is 21.6. The fourth-order valence-electron chi connectivity index (χ4n) is 2.63. The zero-order valence-corrected chi connectivity index (χ0v) is 18.7. The molecule has 2 aromatic carbocycles. The Bertz CT molecular complexity index is 854. The van der Waals surface area contributed by atoms with Gasteiger partial charge in [-0.2, -0.15) is 0 Å². The molecule has 0 saturated heterocycles. The summed E-state index contributed by atoms with van der Waals surface area (Å²) < 4.78 is 5.57. The smallest absolute Gasteiger partial charge is 0.261 e. The molecule has 0 unspecified atom stereocenters. The van der Waals surface area contributed by atoms with Crippen molar-refractivity contribution in [3.8, 4) is 5.75 Å². The van der Waals surface area contributed by atoms with E-state index < -0.39 is 6.04 Å². The maximum Gasteiger partial charge on any atom is 0.261 e. The molecule has 0 heterocycles. The van der Waals surface area contributed by atoms with Gasteiger partial charge in [-0.1, -0.05) is 46.9 Å². The lowest BCUT2D eigenvalue weighted by molar-refractivity contribution is -0.142. The number of carbonyl (C=O) groups is 2. The van der Waals surface area contributed by atoms with Crippen LogP contribution in [0, 0.1) is 0 Å². The Morgan fingerprint density at radius 1 is 1.03 bits per heavy atom. The van der Waals surface area contributed by atoms with E-state index in [1.54, 1.807) is 49.4 Å². The largest absolute Gasteiger partial charge is 0.484 e. The summed E-state index contributed by atoms with van der Waals surface area (Å²) in [6.45, 7) is 5.17. The predicted octanol–water partition coefficient (Wildman–Crippen LogP) is 4.97. The molecule has 0 radical (unpaired) electrons. The molecule has 156 valence electrons. The Morgan fingerprint density at radius 2 is 1.66 bits per heavy atom. The van der Waals surface area contributed by atoms with E-state index in [1.807, 2.05) is 13.8 Å². The predicted molar refractivity (Wildman–Crippen MR) is 117 cm³/mol. The third kappa shape index (κ3) is 6.81. The second-order valence-corrected chi connectivity index (χ2v) is 8.06. The molecule has 2 rings (SSSR count). The van der Waals surface area contributed by atoms with Gasteiger partial charge >= 0.3 is 0 Å². The highest BCUT2D eigenvalue weighted by Crippen LogP contribution is 2.26. The maximum atomic E-state index is 13.0. The van der Waals surface area contributed by atoms with E-state index >= 15 is 0 Å². The summed E-state index contributed by atoms with van der Waals surface area (Å²) >= 11 is 18.5. The molecule has 0 spiro atoms. The first-order valence-corrected chi connectivity index (χ1v) is 10.2. The number of nitrogens with zero attached hydrogens (tertiary/aromatic N) is 1. The summed E-state index contributed by atoms with van der Waals surface area (Å²) in [4.78, 5) is 26.9. The average Bonchev–Trinajstić information content (AvgIpc) is 2.65. The summed E-state index contributed by atoms with van der Waals surface area (Å²) in [6.07, 6.45) is 0. The van der Waals surface area contributed by atoms with Gasteiger partial charge in [0.1, 0.15) is 11.8 Å². The van der Waals surface area contributed by atoms with E-state index in [2.05, 4.69) is 5.32 Å². The lowest BCUT2D eigenvalue weighted by atomic mass is 10.1. The summed E-state index contributed by atoms with van der Waals surface area (Å²) in [5, 5.41) is 4.15. The van der Waals surface area contributed by atoms with Crippen LogP contribution in [0.2, 0.25) is 15.1 Å². The molecule has 0 aliphatic rings. The first-order chi connectivity index (χ1) is 13.7. The van der Waals surface area contributed by atoms with E-state index in [1.165, 1.54) is 4.90 Å². The van der Waals surface area contributed by atoms with Crippen molar-refractivity contribution in [2.75, 3.05) is 6.61 Å². The van der Waals surface area contributed by atoms with Gasteiger partial charge in [-0.3, -0.25) is 9.59 Å². The van der Waals surface area contributed by atoms with Crippen LogP contribution in [0.1, 0.15) is 26.3 Å². The number of hydrogen-bond acceptors (Lipinski definition) is 3. The molecule has 0 bridgehead atoms. The number of ether oxygens (including phenoxy) is 1. The summed E-state index contributed by atoms with van der Waals surface area (Å²) in [5.41, 5.74) is 0.566. The highest BCUT2D eigenvalue weighted by molar-refractivity contribution is 6.36. The quantitative estimate of drug-likeness (QED) is 0.609. The van der Waals surface area contributed by atoms with Crippen molar-refractivity contribution in [2.45, 2.75) is 39.4 Å². The number of hydrogen-bond donors (Lipinski definition) is 1. The molecule has 0 aromatic heterocycles. The van der Waals surface area contributed by atoms with Crippen LogP contribution < -0.4 is 10.1 Å². The van der Waals surface area contributed by atoms with Gasteiger partial charge in [0.05, 0.1) is 0 Å². The number of benzene rings is 2. The zero-order valence-electron chi connectivity index (χ0n) is 16.4. The van der Waals surface area contributed by atoms with Gasteiger partial charge in [-0.15, -0.1) is 0 Å². The first-order valence-electron chi connectivity index (χ1n) is 9.10. The van der Waals surface area contributed by atoms with Crippen molar-refractivity contribution < 1.29 is 14.3 Å². The molecule has 29 heavy (non-hydrogen) atoms. The van der Waals surface area contributed by atoms with Crippen molar-refractivity contribution in [1.82, 2.24) is 10.2 Å². The van der Waals surface area contributed by atoms with Crippen molar-refractivity contribution in [2.24, 2.45) is 0 Å². The van der Waals surface area contributed by atoms with Crippen molar-refractivity contribution in [3.05, 3.63) is 63.1 Å². The van der Waals surface area contributed by atoms with Crippen LogP contribution in [-0.4, -0.2) is 35.4 Å². The minimum Gasteiger partial charge on any atom is -0.484 e. The number of amides is 2. The van der Waals surface area contributed by atoms with Crippen LogP contribution in [0.5, 0.6) is 5.75 Å². The Hall–Kier alpha value is -1.95. The normalized spacial score (nSPS) is 11.8. The van der Waals surface area contributed by atoms with Gasteiger partial charge < -0.3 is 15.0 Å². The molecule has 2 aromatic rings. The van der Waals surface area contributed by atoms with Gasteiger partial charge in [-0.05, 0) is 51.1 Å². The molecular weight excluding hydrogens is 435 g/mol. The second kappa shape index (κ2) is 10.7. The van der Waals surface area contributed by atoms with E-state index in [0.717, 1.165) is 0 Å². The monoisotopic (exact) mass is 456 g/mol. The fraction of sp³-hybridized carbons (Fsp3) is 0.333. The number of halogens is 3. The van der Waals surface area contributed by atoms with Crippen LogP contribution in [0.4, 0.5) is 0 Å². The molecule has 0 aliphatic carbocycles. The average molecular weight is 458 g/mol. The van der Waals surface area contributed by atoms with Crippen LogP contribution >= 0.6 is 34.8 Å². The third-order valence-electron chi connectivity index (χ3n) is 4.15. The maximum absolute atomic E-state index is 13.0. The number of nitrogens with one attached hydrogen (secondary N) is 1. The van der Waals surface area contributed by atoms with E-state index in [9.17, 15) is 9.59 Å². The molecule has 0 saturated carbocycles. The molecule has 0 fully saturated rings. The standard InChI is InChI=1S/C21H23Cl3N2O3/c1-13(2)25-21(28)14(3)26(11-17-18(23)8-5-9-19(17)24)20(27)12-29-16-7-4-6-15(22)10-16/h4-10,13-14H,11-12H2,1-3H3,(H,25,28)/t14-/m1/s1. The summed E-state index contributed by atoms with van der Waals surface area (Å²) in [7, 11) is 0. The van der Waals surface area contributed by atoms with Crippen molar-refractivity contribution >= 4 is 46.6 Å². The second-order valence-electron chi connectivity index (χ2n) is 6.81. The van der Waals surface area contributed by atoms with E-state index in [-0.39, 0.29) is 31.0 Å². The van der Waals surface area contributed by atoms with E-state index in [4.69, 9.17) is 39.5 Å². The molecule has 1 atom stereocenters. The van der Waals surface area contributed by atoms with Crippen LogP contribution in [0.15, 0.2) is 42.5 Å². The molecule has 2 amide bonds. The minimum atomic E-state index is -0.750. The van der Waals surface area contributed by atoms with Crippen LogP contribution in [0.3, 0.4) is 0 Å². The Balaban J connectivity index is 2.22. The third-order valence-corrected chi connectivity index (χ3v) is 5.09. The van der Waals surface area contributed by atoms with Crippen LogP contribution in [0.25, 0.3) is 0 Å². The van der Waals surface area contributed by atoms with Crippen LogP contribution in [-0.2, 0) is 16.1 Å². The summed E-state index contributed by atoms with van der Waals surface area (Å²) in [6, 6.07) is 11.0. The molecule has 1 N–H and O–H groups in total. The van der Waals surface area contributed by atoms with Gasteiger partial charge in [-0.25, -0.2) is 0 Å². The lowest BCUT2D eigenvalue weighted by Gasteiger charge is -2.30. The molecule has 0 aliphatic heterocycles. The minimum absolute atomic E-state index is 0.0616. The first kappa shape index (κ1) is 23.3. The van der Waals surface area contributed by atoms with E-state index in [0.29, 0.717) is 26.4 Å². The summed E-state index contributed by atoms with van der Waals surface area (Å²) in [5.74, 6) is -0.201. The van der Waals surface area contributed by atoms with Crippen molar-refractivity contribution in [3.63, 3.8) is 0 Å². The number of rotatable bonds is 8. The highest BCUT2D eigenvalue weighted by Gasteiger charge is 2.28. The Kier molecular flexibility index (Phi) is 8.62. The van der Waals surface area contributed by atoms with Gasteiger partial charge in [0.2, 0.25) is 5.91 Å². The highest BCUT2D eigenvalue weighted by atomic mass is 35.5. The number of carbonyl (C=O) groups excluding carboxylic acids is 2. The molecule has 8 heteroatoms. The topological polar surface area (TPSA) is 58.6 Å². The molecule has 5 nitrogen and oxygen atoms in total. The van der Waals surface area contributed by atoms with Crippen molar-refractivity contribution in [1.29, 1.82) is 0 Å². The fourth-order valence-corrected chi connectivity index (χ4v) is 3.32. The molecular formula is C21H23Cl3N2O3. The SMILES string of the molecule is CC(C)NC(=O)[C@@H](C)N(Cc1c(Cl)cccc1Cl)C(=O)COc1cccc(Cl)c1.